The minimum atomic E-state index is -4.09. The van der Waals surface area contributed by atoms with Crippen LogP contribution in [0.5, 0.6) is 0 Å². The lowest BCUT2D eigenvalue weighted by Crippen LogP contribution is -2.30. The molecule has 1 heterocycles. The predicted molar refractivity (Wildman–Crippen MR) is 151 cm³/mol. The fourth-order valence-electron chi connectivity index (χ4n) is 4.43. The third-order valence-corrected chi connectivity index (χ3v) is 8.43. The van der Waals surface area contributed by atoms with Crippen molar-refractivity contribution < 1.29 is 27.5 Å². The number of halogens is 1. The fourth-order valence-corrected chi connectivity index (χ4v) is 6.27. The van der Waals surface area contributed by atoms with Gasteiger partial charge in [-0.1, -0.05) is 35.9 Å². The topological polar surface area (TPSA) is 110 Å². The van der Waals surface area contributed by atoms with Gasteiger partial charge in [0.25, 0.3) is 11.8 Å². The molecule has 0 aliphatic carbocycles. The maximum absolute atomic E-state index is 13.8. The molecule has 40 heavy (non-hydrogen) atoms. The first-order chi connectivity index (χ1) is 19.2. The molecule has 0 bridgehead atoms. The van der Waals surface area contributed by atoms with Crippen LogP contribution in [-0.2, 0) is 21.1 Å². The van der Waals surface area contributed by atoms with Crippen molar-refractivity contribution in [3.63, 3.8) is 0 Å². The third-order valence-electron chi connectivity index (χ3n) is 6.34. The molecule has 10 heteroatoms. The number of anilines is 2. The van der Waals surface area contributed by atoms with Crippen LogP contribution in [0.4, 0.5) is 11.4 Å². The smallest absolute Gasteiger partial charge is 0.338 e. The highest BCUT2D eigenvalue weighted by molar-refractivity contribution is 7.91. The number of fused-ring (bicyclic) bond motifs is 2. The lowest BCUT2D eigenvalue weighted by molar-refractivity contribution is 0.0526. The molecule has 4 aromatic carbocycles. The summed E-state index contributed by atoms with van der Waals surface area (Å²) < 4.78 is 32.3. The van der Waals surface area contributed by atoms with Gasteiger partial charge in [0.15, 0.2) is 0 Å². The van der Waals surface area contributed by atoms with E-state index in [1.807, 2.05) is 0 Å². The molecular weight excluding hydrogens is 552 g/mol. The second-order valence-corrected chi connectivity index (χ2v) is 11.3. The van der Waals surface area contributed by atoms with E-state index < -0.39 is 27.6 Å². The number of amides is 2. The fraction of sp³-hybridized carbons (Fsp3) is 0.100. The minimum absolute atomic E-state index is 0.0244. The molecule has 0 spiro atoms. The monoisotopic (exact) mass is 574 g/mol. The van der Waals surface area contributed by atoms with Gasteiger partial charge in [0.1, 0.15) is 0 Å². The molecule has 1 N–H and O–H groups in total. The van der Waals surface area contributed by atoms with Crippen molar-refractivity contribution in [1.29, 1.82) is 0 Å². The van der Waals surface area contributed by atoms with Gasteiger partial charge in [-0.25, -0.2) is 13.2 Å². The molecule has 0 saturated heterocycles. The van der Waals surface area contributed by atoms with Crippen LogP contribution < -0.4 is 10.2 Å². The van der Waals surface area contributed by atoms with E-state index in [1.54, 1.807) is 55.5 Å². The Kier molecular flexibility index (Phi) is 7.42. The van der Waals surface area contributed by atoms with Crippen LogP contribution in [0.25, 0.3) is 0 Å². The zero-order valence-electron chi connectivity index (χ0n) is 21.3. The average molecular weight is 575 g/mol. The van der Waals surface area contributed by atoms with Crippen molar-refractivity contribution >= 4 is 50.6 Å². The van der Waals surface area contributed by atoms with E-state index >= 15 is 0 Å². The van der Waals surface area contributed by atoms with Crippen molar-refractivity contribution in [2.24, 2.45) is 0 Å². The molecule has 0 fully saturated rings. The number of carbonyl (C=O) groups is 3. The molecular formula is C30H23ClN2O6S. The first-order valence-electron chi connectivity index (χ1n) is 12.3. The Morgan fingerprint density at radius 3 is 2.33 bits per heavy atom. The van der Waals surface area contributed by atoms with Gasteiger partial charge in [0, 0.05) is 16.3 Å². The van der Waals surface area contributed by atoms with Crippen molar-refractivity contribution in [2.75, 3.05) is 16.8 Å². The van der Waals surface area contributed by atoms with E-state index in [-0.39, 0.29) is 39.8 Å². The highest BCUT2D eigenvalue weighted by Crippen LogP contribution is 2.38. The van der Waals surface area contributed by atoms with Crippen LogP contribution >= 0.6 is 11.6 Å². The zero-order chi connectivity index (χ0) is 28.4. The summed E-state index contributed by atoms with van der Waals surface area (Å²) in [7, 11) is -4.09. The van der Waals surface area contributed by atoms with Gasteiger partial charge in [0.2, 0.25) is 9.84 Å². The second-order valence-electron chi connectivity index (χ2n) is 8.96. The molecule has 4 aromatic rings. The number of nitrogens with one attached hydrogen (secondary N) is 1. The summed E-state index contributed by atoms with van der Waals surface area (Å²) in [6, 6.07) is 23.2. The van der Waals surface area contributed by atoms with Crippen LogP contribution in [0.2, 0.25) is 5.02 Å². The Balaban J connectivity index is 1.54. The number of ether oxygens (including phenoxy) is 1. The summed E-state index contributed by atoms with van der Waals surface area (Å²) in [6.45, 7) is 1.98. The van der Waals surface area contributed by atoms with Gasteiger partial charge in [-0.15, -0.1) is 0 Å². The molecule has 0 unspecified atom stereocenters. The highest BCUT2D eigenvalue weighted by atomic mass is 35.5. The Bertz CT molecular complexity index is 1750. The number of sulfone groups is 1. The van der Waals surface area contributed by atoms with Crippen LogP contribution in [0.3, 0.4) is 0 Å². The summed E-state index contributed by atoms with van der Waals surface area (Å²) in [4.78, 5) is 40.0. The summed E-state index contributed by atoms with van der Waals surface area (Å²) in [5.74, 6) is -1.52. The number of esters is 1. The largest absolute Gasteiger partial charge is 0.462 e. The van der Waals surface area contributed by atoms with Gasteiger partial charge >= 0.3 is 5.97 Å². The van der Waals surface area contributed by atoms with Gasteiger partial charge in [-0.2, -0.15) is 0 Å². The van der Waals surface area contributed by atoms with E-state index in [9.17, 15) is 22.8 Å². The summed E-state index contributed by atoms with van der Waals surface area (Å²) >= 11 is 6.17. The Labute approximate surface area is 236 Å². The molecule has 1 aliphatic heterocycles. The van der Waals surface area contributed by atoms with E-state index in [0.29, 0.717) is 21.8 Å². The van der Waals surface area contributed by atoms with E-state index in [4.69, 9.17) is 16.3 Å². The van der Waals surface area contributed by atoms with Gasteiger partial charge in [-0.3, -0.25) is 9.59 Å². The maximum Gasteiger partial charge on any atom is 0.338 e. The number of rotatable bonds is 6. The van der Waals surface area contributed by atoms with Crippen LogP contribution in [0.15, 0.2) is 101 Å². The number of nitrogens with zero attached hydrogens (tertiary/aromatic N) is 1. The normalized spacial score (nSPS) is 13.6. The molecule has 0 atom stereocenters. The number of hydrogen-bond donors (Lipinski definition) is 1. The standard InChI is InChI=1S/C30H23ClN2O6S/c1-2-39-30(36)20-10-13-23(14-11-20)32-28(34)21-12-15-27-25(17-21)33(18-19-6-5-7-22(31)16-19)29(35)24-8-3-4-9-26(24)40(27,37)38/h3-17H,2,18H2,1H3,(H,32,34). The lowest BCUT2D eigenvalue weighted by Gasteiger charge is -2.23. The minimum Gasteiger partial charge on any atom is -0.462 e. The van der Waals surface area contributed by atoms with Crippen molar-refractivity contribution in [2.45, 2.75) is 23.3 Å². The van der Waals surface area contributed by atoms with E-state index in [1.165, 1.54) is 47.4 Å². The maximum atomic E-state index is 13.8. The second kappa shape index (κ2) is 11.0. The van der Waals surface area contributed by atoms with E-state index in [2.05, 4.69) is 5.32 Å². The third kappa shape index (κ3) is 5.21. The van der Waals surface area contributed by atoms with Gasteiger partial charge < -0.3 is 15.0 Å². The summed E-state index contributed by atoms with van der Waals surface area (Å²) in [6.07, 6.45) is 0. The number of benzene rings is 4. The van der Waals surface area contributed by atoms with Gasteiger partial charge in [-0.05, 0) is 79.2 Å². The molecule has 8 nitrogen and oxygen atoms in total. The van der Waals surface area contributed by atoms with Gasteiger partial charge in [0.05, 0.1) is 39.8 Å². The van der Waals surface area contributed by atoms with Crippen LogP contribution in [-0.4, -0.2) is 32.8 Å². The summed E-state index contributed by atoms with van der Waals surface area (Å²) in [5.41, 5.74) is 1.68. The Morgan fingerprint density at radius 1 is 0.875 bits per heavy atom. The molecule has 5 rings (SSSR count). The van der Waals surface area contributed by atoms with Crippen molar-refractivity contribution in [1.82, 2.24) is 0 Å². The van der Waals surface area contributed by atoms with E-state index in [0.717, 1.165) is 0 Å². The quantitative estimate of drug-likeness (QED) is 0.293. The molecule has 0 aromatic heterocycles. The van der Waals surface area contributed by atoms with Crippen molar-refractivity contribution in [3.05, 3.63) is 118 Å². The number of hydrogen-bond acceptors (Lipinski definition) is 6. The summed E-state index contributed by atoms with van der Waals surface area (Å²) in [5, 5.41) is 3.21. The van der Waals surface area contributed by atoms with Crippen LogP contribution in [0.1, 0.15) is 43.6 Å². The SMILES string of the molecule is CCOC(=O)c1ccc(NC(=O)c2ccc3c(c2)N(Cc2cccc(Cl)c2)C(=O)c2ccccc2S3(=O)=O)cc1. The Hall–Kier alpha value is -4.47. The first-order valence-corrected chi connectivity index (χ1v) is 14.2. The molecule has 2 amide bonds. The first kappa shape index (κ1) is 27.1. The number of carbonyl (C=O) groups excluding carboxylic acids is 3. The highest BCUT2D eigenvalue weighted by Gasteiger charge is 2.36. The molecule has 0 saturated carbocycles. The zero-order valence-corrected chi connectivity index (χ0v) is 22.8. The van der Waals surface area contributed by atoms with Crippen LogP contribution in [0, 0.1) is 0 Å². The Morgan fingerprint density at radius 2 is 1.60 bits per heavy atom. The molecule has 1 aliphatic rings. The molecule has 0 radical (unpaired) electrons. The lowest BCUT2D eigenvalue weighted by atomic mass is 10.1. The predicted octanol–water partition coefficient (Wildman–Crippen LogP) is 5.76. The van der Waals surface area contributed by atoms with Crippen molar-refractivity contribution in [3.8, 4) is 0 Å². The molecule has 202 valence electrons. The average Bonchev–Trinajstić information content (AvgIpc) is 3.01.